The van der Waals surface area contributed by atoms with Gasteiger partial charge < -0.3 is 4.57 Å². The van der Waals surface area contributed by atoms with Crippen LogP contribution in [0.25, 0.3) is 10.9 Å². The Hall–Kier alpha value is -1.32. The molecule has 80 valence electrons. The molecule has 1 aromatic carbocycles. The summed E-state index contributed by atoms with van der Waals surface area (Å²) in [6, 6.07) is 8.06. The minimum Gasteiger partial charge on any atom is -0.342 e. The molecule has 0 unspecified atom stereocenters. The standard InChI is InChI=1S/C12H9ClN2S/c13-10-2-1-9-3-4-15(12(9)5-10)7-11-6-14-8-16-11/h1-6,8H,7H2. The van der Waals surface area contributed by atoms with Gasteiger partial charge in [0.05, 0.1) is 12.1 Å². The molecule has 0 amide bonds. The van der Waals surface area contributed by atoms with Crippen molar-refractivity contribution in [1.82, 2.24) is 9.55 Å². The van der Waals surface area contributed by atoms with E-state index in [0.717, 1.165) is 11.6 Å². The first-order valence-corrected chi connectivity index (χ1v) is 6.20. The summed E-state index contributed by atoms with van der Waals surface area (Å²) in [5.41, 5.74) is 3.02. The summed E-state index contributed by atoms with van der Waals surface area (Å²) < 4.78 is 2.19. The second-order valence-electron chi connectivity index (χ2n) is 3.61. The predicted octanol–water partition coefficient (Wildman–Crippen LogP) is 3.80. The van der Waals surface area contributed by atoms with Gasteiger partial charge in [0.1, 0.15) is 0 Å². The molecule has 0 aliphatic rings. The molecule has 2 heterocycles. The zero-order valence-corrected chi connectivity index (χ0v) is 10.0. The van der Waals surface area contributed by atoms with E-state index in [4.69, 9.17) is 11.6 Å². The Balaban J connectivity index is 2.07. The van der Waals surface area contributed by atoms with Crippen molar-refractivity contribution >= 4 is 33.8 Å². The van der Waals surface area contributed by atoms with E-state index in [-0.39, 0.29) is 0 Å². The van der Waals surface area contributed by atoms with Gasteiger partial charge in [-0.25, -0.2) is 0 Å². The fourth-order valence-electron chi connectivity index (χ4n) is 1.78. The Morgan fingerprint density at radius 2 is 2.25 bits per heavy atom. The maximum Gasteiger partial charge on any atom is 0.0794 e. The number of fused-ring (bicyclic) bond motifs is 1. The molecular formula is C12H9ClN2S. The third-order valence-corrected chi connectivity index (χ3v) is 3.55. The molecule has 0 aliphatic heterocycles. The van der Waals surface area contributed by atoms with Gasteiger partial charge in [0, 0.05) is 27.8 Å². The summed E-state index contributed by atoms with van der Waals surface area (Å²) in [6.45, 7) is 0.856. The topological polar surface area (TPSA) is 17.8 Å². The Kier molecular flexibility index (Phi) is 2.42. The predicted molar refractivity (Wildman–Crippen MR) is 68.2 cm³/mol. The Labute approximate surface area is 102 Å². The van der Waals surface area contributed by atoms with Crippen LogP contribution < -0.4 is 0 Å². The number of benzene rings is 1. The Morgan fingerprint density at radius 1 is 1.31 bits per heavy atom. The Morgan fingerprint density at radius 3 is 3.06 bits per heavy atom. The van der Waals surface area contributed by atoms with E-state index >= 15 is 0 Å². The van der Waals surface area contributed by atoms with E-state index in [1.54, 1.807) is 11.3 Å². The zero-order valence-electron chi connectivity index (χ0n) is 8.43. The second-order valence-corrected chi connectivity index (χ2v) is 5.02. The van der Waals surface area contributed by atoms with Crippen LogP contribution >= 0.6 is 22.9 Å². The van der Waals surface area contributed by atoms with Crippen molar-refractivity contribution in [2.75, 3.05) is 0 Å². The summed E-state index contributed by atoms with van der Waals surface area (Å²) in [7, 11) is 0. The SMILES string of the molecule is Clc1ccc2ccn(Cc3cncs3)c2c1. The van der Waals surface area contributed by atoms with E-state index in [1.165, 1.54) is 15.8 Å². The zero-order chi connectivity index (χ0) is 11.0. The summed E-state index contributed by atoms with van der Waals surface area (Å²) in [5.74, 6) is 0. The van der Waals surface area contributed by atoms with E-state index < -0.39 is 0 Å². The lowest BCUT2D eigenvalue weighted by Crippen LogP contribution is -1.95. The van der Waals surface area contributed by atoms with Gasteiger partial charge in [-0.15, -0.1) is 11.3 Å². The fourth-order valence-corrected chi connectivity index (χ4v) is 2.54. The van der Waals surface area contributed by atoms with Crippen LogP contribution in [0.3, 0.4) is 0 Å². The lowest BCUT2D eigenvalue weighted by atomic mass is 10.2. The second kappa shape index (κ2) is 3.92. The molecule has 0 fully saturated rings. The maximum absolute atomic E-state index is 6.01. The van der Waals surface area contributed by atoms with Crippen LogP contribution in [0.5, 0.6) is 0 Å². The van der Waals surface area contributed by atoms with Crippen LogP contribution in [0.4, 0.5) is 0 Å². The molecule has 0 aliphatic carbocycles. The summed E-state index contributed by atoms with van der Waals surface area (Å²) in [4.78, 5) is 5.33. The average molecular weight is 249 g/mol. The first-order valence-electron chi connectivity index (χ1n) is 4.95. The van der Waals surface area contributed by atoms with E-state index in [1.807, 2.05) is 29.9 Å². The molecule has 0 spiro atoms. The van der Waals surface area contributed by atoms with Crippen LogP contribution in [0.2, 0.25) is 5.02 Å². The van der Waals surface area contributed by atoms with Gasteiger partial charge in [-0.05, 0) is 23.6 Å². The molecule has 0 radical (unpaired) electrons. The van der Waals surface area contributed by atoms with Crippen LogP contribution in [0, 0.1) is 0 Å². The van der Waals surface area contributed by atoms with Gasteiger partial charge in [-0.3, -0.25) is 4.98 Å². The van der Waals surface area contributed by atoms with Gasteiger partial charge in [0.25, 0.3) is 0 Å². The first kappa shape index (κ1) is 9.87. The van der Waals surface area contributed by atoms with Crippen LogP contribution in [-0.2, 0) is 6.54 Å². The monoisotopic (exact) mass is 248 g/mol. The van der Waals surface area contributed by atoms with Gasteiger partial charge in [0.15, 0.2) is 0 Å². The highest BCUT2D eigenvalue weighted by atomic mass is 35.5. The molecule has 3 rings (SSSR count). The molecule has 0 saturated carbocycles. The highest BCUT2D eigenvalue weighted by Crippen LogP contribution is 2.22. The van der Waals surface area contributed by atoms with Crippen molar-refractivity contribution in [3.63, 3.8) is 0 Å². The first-order chi connectivity index (χ1) is 7.83. The number of aromatic nitrogens is 2. The van der Waals surface area contributed by atoms with E-state index in [2.05, 4.69) is 21.8 Å². The molecular weight excluding hydrogens is 240 g/mol. The molecule has 16 heavy (non-hydrogen) atoms. The maximum atomic E-state index is 6.01. The van der Waals surface area contributed by atoms with Crippen molar-refractivity contribution < 1.29 is 0 Å². The number of hydrogen-bond donors (Lipinski definition) is 0. The number of nitrogens with zero attached hydrogens (tertiary/aromatic N) is 2. The number of hydrogen-bond acceptors (Lipinski definition) is 2. The third-order valence-electron chi connectivity index (χ3n) is 2.55. The minimum absolute atomic E-state index is 0.775. The molecule has 0 N–H and O–H groups in total. The van der Waals surface area contributed by atoms with Crippen molar-refractivity contribution in [2.45, 2.75) is 6.54 Å². The van der Waals surface area contributed by atoms with E-state index in [9.17, 15) is 0 Å². The van der Waals surface area contributed by atoms with Crippen molar-refractivity contribution in [1.29, 1.82) is 0 Å². The van der Waals surface area contributed by atoms with Crippen LogP contribution in [0.1, 0.15) is 4.88 Å². The molecule has 2 aromatic heterocycles. The molecule has 0 bridgehead atoms. The van der Waals surface area contributed by atoms with Crippen molar-refractivity contribution in [3.05, 3.63) is 52.1 Å². The highest BCUT2D eigenvalue weighted by molar-refractivity contribution is 7.09. The summed E-state index contributed by atoms with van der Waals surface area (Å²) in [5, 5.41) is 1.99. The number of rotatable bonds is 2. The molecule has 0 atom stereocenters. The molecule has 4 heteroatoms. The molecule has 3 aromatic rings. The quantitative estimate of drug-likeness (QED) is 0.675. The summed E-state index contributed by atoms with van der Waals surface area (Å²) in [6.07, 6.45) is 3.99. The van der Waals surface area contributed by atoms with Gasteiger partial charge >= 0.3 is 0 Å². The Bertz CT molecular complexity index is 613. The van der Waals surface area contributed by atoms with Crippen molar-refractivity contribution in [2.24, 2.45) is 0 Å². The van der Waals surface area contributed by atoms with E-state index in [0.29, 0.717) is 0 Å². The number of thiazole rings is 1. The fraction of sp³-hybridized carbons (Fsp3) is 0.0833. The van der Waals surface area contributed by atoms with Crippen molar-refractivity contribution in [3.8, 4) is 0 Å². The van der Waals surface area contributed by atoms with Gasteiger partial charge in [0.2, 0.25) is 0 Å². The smallest absolute Gasteiger partial charge is 0.0794 e. The normalized spacial score (nSPS) is 11.1. The lowest BCUT2D eigenvalue weighted by molar-refractivity contribution is 0.849. The largest absolute Gasteiger partial charge is 0.342 e. The number of halogens is 1. The molecule has 2 nitrogen and oxygen atoms in total. The third kappa shape index (κ3) is 1.72. The molecule has 0 saturated heterocycles. The van der Waals surface area contributed by atoms with Crippen LogP contribution in [-0.4, -0.2) is 9.55 Å². The highest BCUT2D eigenvalue weighted by Gasteiger charge is 2.03. The van der Waals surface area contributed by atoms with Gasteiger partial charge in [-0.2, -0.15) is 0 Å². The minimum atomic E-state index is 0.775. The summed E-state index contributed by atoms with van der Waals surface area (Å²) >= 11 is 7.68. The average Bonchev–Trinajstić information content (AvgIpc) is 2.90. The lowest BCUT2D eigenvalue weighted by Gasteiger charge is -2.03. The van der Waals surface area contributed by atoms with Gasteiger partial charge in [-0.1, -0.05) is 17.7 Å². The van der Waals surface area contributed by atoms with Crippen LogP contribution in [0.15, 0.2) is 42.2 Å².